The molecule has 0 spiro atoms. The van der Waals surface area contributed by atoms with Gasteiger partial charge in [0.2, 0.25) is 0 Å². The Morgan fingerprint density at radius 1 is 0.920 bits per heavy atom. The minimum atomic E-state index is 0.853. The van der Waals surface area contributed by atoms with Crippen molar-refractivity contribution in [3.8, 4) is 17.0 Å². The van der Waals surface area contributed by atoms with Crippen LogP contribution in [-0.4, -0.2) is 12.1 Å². The summed E-state index contributed by atoms with van der Waals surface area (Å²) in [6.07, 6.45) is 0. The van der Waals surface area contributed by atoms with Crippen molar-refractivity contribution in [1.29, 1.82) is 0 Å². The molecule has 0 amide bonds. The van der Waals surface area contributed by atoms with Gasteiger partial charge in [0.25, 0.3) is 0 Å². The summed E-state index contributed by atoms with van der Waals surface area (Å²) in [5.74, 6) is 0.853. The van der Waals surface area contributed by atoms with Crippen molar-refractivity contribution in [1.82, 2.24) is 4.98 Å². The highest BCUT2D eigenvalue weighted by Crippen LogP contribution is 2.34. The molecular weight excluding hydrogens is 328 g/mol. The van der Waals surface area contributed by atoms with Crippen molar-refractivity contribution in [3.63, 3.8) is 0 Å². The van der Waals surface area contributed by atoms with Crippen molar-refractivity contribution in [3.05, 3.63) is 71.6 Å². The Kier molecular flexibility index (Phi) is 4.12. The number of methoxy groups -OCH3 is 1. The van der Waals surface area contributed by atoms with Crippen LogP contribution in [0.4, 0.5) is 10.8 Å². The predicted molar refractivity (Wildman–Crippen MR) is 106 cm³/mol. The SMILES string of the molecule is COc1ccc(-c2nc(Nc3cccc4ccccc34)sc2C)cc1. The number of anilines is 2. The Morgan fingerprint density at radius 3 is 2.48 bits per heavy atom. The number of nitrogens with zero attached hydrogens (tertiary/aromatic N) is 1. The summed E-state index contributed by atoms with van der Waals surface area (Å²) in [7, 11) is 1.68. The number of benzene rings is 3. The molecule has 1 N–H and O–H groups in total. The lowest BCUT2D eigenvalue weighted by Gasteiger charge is -2.07. The third kappa shape index (κ3) is 3.08. The number of thiazole rings is 1. The molecule has 0 aliphatic rings. The van der Waals surface area contributed by atoms with E-state index in [2.05, 4.69) is 54.7 Å². The lowest BCUT2D eigenvalue weighted by molar-refractivity contribution is 0.415. The summed E-state index contributed by atoms with van der Waals surface area (Å²) in [5, 5.41) is 6.80. The molecule has 1 heterocycles. The van der Waals surface area contributed by atoms with E-state index >= 15 is 0 Å². The van der Waals surface area contributed by atoms with E-state index in [1.54, 1.807) is 18.4 Å². The first-order chi connectivity index (χ1) is 12.2. The zero-order chi connectivity index (χ0) is 17.2. The van der Waals surface area contributed by atoms with E-state index in [1.165, 1.54) is 15.6 Å². The minimum absolute atomic E-state index is 0.853. The van der Waals surface area contributed by atoms with Crippen LogP contribution in [0.15, 0.2) is 66.7 Å². The number of hydrogen-bond acceptors (Lipinski definition) is 4. The molecule has 4 rings (SSSR count). The molecule has 0 radical (unpaired) electrons. The number of ether oxygens (including phenoxy) is 1. The summed E-state index contributed by atoms with van der Waals surface area (Å²) in [4.78, 5) is 5.99. The van der Waals surface area contributed by atoms with E-state index in [9.17, 15) is 0 Å². The molecule has 0 aliphatic heterocycles. The zero-order valence-electron chi connectivity index (χ0n) is 14.1. The molecule has 0 atom stereocenters. The first-order valence-electron chi connectivity index (χ1n) is 8.11. The Labute approximate surface area is 150 Å². The first-order valence-corrected chi connectivity index (χ1v) is 8.93. The molecular formula is C21H18N2OS. The average molecular weight is 346 g/mol. The van der Waals surface area contributed by atoms with Gasteiger partial charge in [0.1, 0.15) is 5.75 Å². The van der Waals surface area contributed by atoms with E-state index < -0.39 is 0 Å². The van der Waals surface area contributed by atoms with Gasteiger partial charge in [-0.05, 0) is 42.6 Å². The second-order valence-electron chi connectivity index (χ2n) is 5.80. The predicted octanol–water partition coefficient (Wildman–Crippen LogP) is 6.02. The molecule has 3 nitrogen and oxygen atoms in total. The summed E-state index contributed by atoms with van der Waals surface area (Å²) < 4.78 is 5.23. The molecule has 25 heavy (non-hydrogen) atoms. The molecule has 0 unspecified atom stereocenters. The van der Waals surface area contributed by atoms with Crippen molar-refractivity contribution in [2.45, 2.75) is 6.92 Å². The highest BCUT2D eigenvalue weighted by Gasteiger charge is 2.11. The number of hydrogen-bond donors (Lipinski definition) is 1. The van der Waals surface area contributed by atoms with Crippen molar-refractivity contribution < 1.29 is 4.74 Å². The van der Waals surface area contributed by atoms with Crippen molar-refractivity contribution >= 4 is 32.9 Å². The lowest BCUT2D eigenvalue weighted by Crippen LogP contribution is -1.91. The standard InChI is InChI=1S/C21H18N2OS/c1-14-20(16-10-12-17(24-2)13-11-16)23-21(25-14)22-19-9-5-7-15-6-3-4-8-18(15)19/h3-13H,1-2H3,(H,22,23). The molecule has 1 aromatic heterocycles. The summed E-state index contributed by atoms with van der Waals surface area (Å²) >= 11 is 1.67. The number of nitrogens with one attached hydrogen (secondary N) is 1. The van der Waals surface area contributed by atoms with Gasteiger partial charge in [0.15, 0.2) is 5.13 Å². The van der Waals surface area contributed by atoms with Crippen LogP contribution < -0.4 is 10.1 Å². The van der Waals surface area contributed by atoms with Crippen LogP contribution in [0.3, 0.4) is 0 Å². The Hall–Kier alpha value is -2.85. The fraction of sp³-hybridized carbons (Fsp3) is 0.0952. The fourth-order valence-corrected chi connectivity index (χ4v) is 3.76. The third-order valence-electron chi connectivity index (χ3n) is 4.19. The quantitative estimate of drug-likeness (QED) is 0.490. The minimum Gasteiger partial charge on any atom is -0.497 e. The zero-order valence-corrected chi connectivity index (χ0v) is 14.9. The highest BCUT2D eigenvalue weighted by molar-refractivity contribution is 7.16. The maximum atomic E-state index is 5.23. The summed E-state index contributed by atoms with van der Waals surface area (Å²) in [6.45, 7) is 2.10. The van der Waals surface area contributed by atoms with E-state index in [4.69, 9.17) is 9.72 Å². The lowest BCUT2D eigenvalue weighted by atomic mass is 10.1. The molecule has 4 aromatic rings. The van der Waals surface area contributed by atoms with Gasteiger partial charge in [0.05, 0.1) is 12.8 Å². The average Bonchev–Trinajstić information content (AvgIpc) is 3.02. The molecule has 124 valence electrons. The maximum absolute atomic E-state index is 5.23. The molecule has 0 saturated heterocycles. The van der Waals surface area contributed by atoms with Crippen LogP contribution >= 0.6 is 11.3 Å². The smallest absolute Gasteiger partial charge is 0.187 e. The van der Waals surface area contributed by atoms with E-state index in [1.807, 2.05) is 24.3 Å². The van der Waals surface area contributed by atoms with Gasteiger partial charge in [-0.1, -0.05) is 36.4 Å². The molecule has 0 saturated carbocycles. The largest absolute Gasteiger partial charge is 0.497 e. The van der Waals surface area contributed by atoms with Gasteiger partial charge in [-0.3, -0.25) is 0 Å². The second-order valence-corrected chi connectivity index (χ2v) is 7.01. The van der Waals surface area contributed by atoms with Gasteiger partial charge < -0.3 is 10.1 Å². The normalized spacial score (nSPS) is 10.8. The first kappa shape index (κ1) is 15.7. The van der Waals surface area contributed by atoms with Crippen LogP contribution in [0, 0.1) is 6.92 Å². The van der Waals surface area contributed by atoms with Gasteiger partial charge >= 0.3 is 0 Å². The van der Waals surface area contributed by atoms with Crippen LogP contribution in [0.2, 0.25) is 0 Å². The number of aryl methyl sites for hydroxylation is 1. The van der Waals surface area contributed by atoms with Gasteiger partial charge in [-0.2, -0.15) is 0 Å². The monoisotopic (exact) mass is 346 g/mol. The maximum Gasteiger partial charge on any atom is 0.187 e. The molecule has 3 aromatic carbocycles. The van der Waals surface area contributed by atoms with Crippen LogP contribution in [0.1, 0.15) is 4.88 Å². The Morgan fingerprint density at radius 2 is 1.68 bits per heavy atom. The van der Waals surface area contributed by atoms with Crippen LogP contribution in [-0.2, 0) is 0 Å². The third-order valence-corrected chi connectivity index (χ3v) is 5.08. The number of rotatable bonds is 4. The highest BCUT2D eigenvalue weighted by atomic mass is 32.1. The van der Waals surface area contributed by atoms with Crippen LogP contribution in [0.5, 0.6) is 5.75 Å². The topological polar surface area (TPSA) is 34.1 Å². The molecule has 0 bridgehead atoms. The Balaban J connectivity index is 1.67. The fourth-order valence-electron chi connectivity index (χ4n) is 2.92. The summed E-state index contributed by atoms with van der Waals surface area (Å²) in [5.41, 5.74) is 3.18. The Bertz CT molecular complexity index is 1020. The van der Waals surface area contributed by atoms with Crippen LogP contribution in [0.25, 0.3) is 22.0 Å². The second kappa shape index (κ2) is 6.57. The number of aromatic nitrogens is 1. The van der Waals surface area contributed by atoms with E-state index in [0.29, 0.717) is 0 Å². The molecule has 0 aliphatic carbocycles. The van der Waals surface area contributed by atoms with Crippen molar-refractivity contribution in [2.75, 3.05) is 12.4 Å². The van der Waals surface area contributed by atoms with Gasteiger partial charge in [0, 0.05) is 21.5 Å². The van der Waals surface area contributed by atoms with Crippen molar-refractivity contribution in [2.24, 2.45) is 0 Å². The molecule has 4 heteroatoms. The van der Waals surface area contributed by atoms with Gasteiger partial charge in [-0.25, -0.2) is 4.98 Å². The van der Waals surface area contributed by atoms with E-state index in [0.717, 1.165) is 27.8 Å². The molecule has 0 fully saturated rings. The number of fused-ring (bicyclic) bond motifs is 1. The summed E-state index contributed by atoms with van der Waals surface area (Å²) in [6, 6.07) is 22.7. The van der Waals surface area contributed by atoms with Gasteiger partial charge in [-0.15, -0.1) is 11.3 Å². The van der Waals surface area contributed by atoms with E-state index in [-0.39, 0.29) is 0 Å².